The summed E-state index contributed by atoms with van der Waals surface area (Å²) in [6.45, 7) is 4.41. The maximum atomic E-state index is 12.9. The quantitative estimate of drug-likeness (QED) is 0.0267. The molecule has 1 rings (SSSR count). The molecule has 0 aromatic rings. The molecule has 404 valence electrons. The van der Waals surface area contributed by atoms with Gasteiger partial charge in [0.25, 0.3) is 0 Å². The Labute approximate surface area is 429 Å². The van der Waals surface area contributed by atoms with Crippen molar-refractivity contribution < 1.29 is 44.2 Å². The molecule has 9 heteroatoms. The van der Waals surface area contributed by atoms with Gasteiger partial charge in [-0.3, -0.25) is 4.79 Å². The Morgan fingerprint density at radius 3 is 1.31 bits per heavy atom. The number of allylic oxidation sites excluding steroid dienone is 14. The van der Waals surface area contributed by atoms with Crippen LogP contribution in [0.5, 0.6) is 0 Å². The van der Waals surface area contributed by atoms with Crippen LogP contribution in [0.25, 0.3) is 0 Å². The van der Waals surface area contributed by atoms with E-state index in [0.717, 1.165) is 83.5 Å². The summed E-state index contributed by atoms with van der Waals surface area (Å²) in [5.41, 5.74) is 0. The number of ether oxygens (including phenoxy) is 4. The van der Waals surface area contributed by atoms with Crippen LogP contribution in [-0.4, -0.2) is 89.6 Å². The Morgan fingerprint density at radius 2 is 0.871 bits per heavy atom. The summed E-state index contributed by atoms with van der Waals surface area (Å²) >= 11 is 0. The minimum Gasteiger partial charge on any atom is -0.457 e. The van der Waals surface area contributed by atoms with Crippen LogP contribution in [0.15, 0.2) is 85.1 Å². The summed E-state index contributed by atoms with van der Waals surface area (Å²) in [7, 11) is 0. The molecule has 1 aliphatic heterocycles. The van der Waals surface area contributed by atoms with Crippen molar-refractivity contribution in [3.63, 3.8) is 0 Å². The van der Waals surface area contributed by atoms with Gasteiger partial charge in [-0.2, -0.15) is 0 Å². The second-order valence-corrected chi connectivity index (χ2v) is 19.4. The number of aliphatic hydroxyl groups excluding tert-OH is 4. The highest BCUT2D eigenvalue weighted by atomic mass is 16.7. The summed E-state index contributed by atoms with van der Waals surface area (Å²) in [6.07, 6.45) is 63.4. The zero-order chi connectivity index (χ0) is 50.6. The maximum absolute atomic E-state index is 12.9. The minimum absolute atomic E-state index is 0.123. The number of rotatable bonds is 49. The molecular weight excluding hydrogens is 877 g/mol. The first-order chi connectivity index (χ1) is 34.4. The van der Waals surface area contributed by atoms with Gasteiger partial charge in [-0.15, -0.1) is 0 Å². The molecule has 0 radical (unpaired) electrons. The van der Waals surface area contributed by atoms with Gasteiger partial charge >= 0.3 is 5.97 Å². The van der Waals surface area contributed by atoms with Crippen LogP contribution < -0.4 is 0 Å². The highest BCUT2D eigenvalue weighted by Gasteiger charge is 2.44. The summed E-state index contributed by atoms with van der Waals surface area (Å²) in [5, 5.41) is 40.4. The third-order valence-electron chi connectivity index (χ3n) is 12.8. The van der Waals surface area contributed by atoms with Crippen molar-refractivity contribution >= 4 is 5.97 Å². The molecule has 1 heterocycles. The van der Waals surface area contributed by atoms with E-state index in [1.165, 1.54) is 128 Å². The number of aliphatic hydroxyl groups is 4. The molecule has 0 aromatic heterocycles. The molecule has 0 aliphatic carbocycles. The van der Waals surface area contributed by atoms with Crippen molar-refractivity contribution in [3.8, 4) is 0 Å². The highest BCUT2D eigenvalue weighted by molar-refractivity contribution is 5.69. The lowest BCUT2D eigenvalue weighted by molar-refractivity contribution is -0.305. The number of unbranched alkanes of at least 4 members (excludes halogenated alkanes) is 24. The number of carbonyl (C=O) groups is 1. The predicted molar refractivity (Wildman–Crippen MR) is 293 cm³/mol. The van der Waals surface area contributed by atoms with E-state index in [1.807, 2.05) is 0 Å². The SMILES string of the molecule is CC/C=C\C/C=C\C/C=C\C/C=C\C/C=C\CCCCCCCCOCC(COC1OC(CO)C(O)C(O)C1O)OC(=O)CCCCCCCCCCCCCCC/C=C\C/C=C\CCCCCCC. The summed E-state index contributed by atoms with van der Waals surface area (Å²) in [6, 6.07) is 0. The van der Waals surface area contributed by atoms with Crippen molar-refractivity contribution in [3.05, 3.63) is 85.1 Å². The number of hydrogen-bond donors (Lipinski definition) is 4. The second-order valence-electron chi connectivity index (χ2n) is 19.4. The van der Waals surface area contributed by atoms with E-state index >= 15 is 0 Å². The molecule has 6 unspecified atom stereocenters. The monoisotopic (exact) mass is 983 g/mol. The Hall–Kier alpha value is -2.63. The Bertz CT molecular complexity index is 1350. The molecule has 0 aromatic carbocycles. The number of hydrogen-bond acceptors (Lipinski definition) is 9. The van der Waals surface area contributed by atoms with Crippen LogP contribution in [0.2, 0.25) is 0 Å². The van der Waals surface area contributed by atoms with Crippen LogP contribution >= 0.6 is 0 Å². The normalized spacial score (nSPS) is 19.5. The smallest absolute Gasteiger partial charge is 0.306 e. The van der Waals surface area contributed by atoms with E-state index in [2.05, 4.69) is 98.9 Å². The van der Waals surface area contributed by atoms with Gasteiger partial charge in [0, 0.05) is 13.0 Å². The molecule has 1 aliphatic rings. The van der Waals surface area contributed by atoms with E-state index in [9.17, 15) is 25.2 Å². The number of carbonyl (C=O) groups excluding carboxylic acids is 1. The van der Waals surface area contributed by atoms with Gasteiger partial charge in [0.15, 0.2) is 6.29 Å². The molecule has 0 spiro atoms. The van der Waals surface area contributed by atoms with Crippen molar-refractivity contribution in [2.75, 3.05) is 26.4 Å². The lowest BCUT2D eigenvalue weighted by atomic mass is 9.99. The lowest BCUT2D eigenvalue weighted by Gasteiger charge is -2.39. The van der Waals surface area contributed by atoms with Crippen LogP contribution in [0.1, 0.15) is 232 Å². The van der Waals surface area contributed by atoms with Crippen molar-refractivity contribution in [2.24, 2.45) is 0 Å². The fourth-order valence-corrected chi connectivity index (χ4v) is 8.37. The Balaban J connectivity index is 2.18. The molecule has 70 heavy (non-hydrogen) atoms. The summed E-state index contributed by atoms with van der Waals surface area (Å²) < 4.78 is 23.0. The van der Waals surface area contributed by atoms with Crippen LogP contribution in [-0.2, 0) is 23.7 Å². The average molecular weight is 984 g/mol. The van der Waals surface area contributed by atoms with Crippen LogP contribution in [0.4, 0.5) is 0 Å². The third kappa shape index (κ3) is 40.9. The first kappa shape index (κ1) is 65.4. The molecular formula is C61H106O9. The average Bonchev–Trinajstić information content (AvgIpc) is 3.36. The first-order valence-electron chi connectivity index (χ1n) is 28.7. The highest BCUT2D eigenvalue weighted by Crippen LogP contribution is 2.23. The zero-order valence-corrected chi connectivity index (χ0v) is 44.7. The second kappa shape index (κ2) is 51.3. The fourth-order valence-electron chi connectivity index (χ4n) is 8.37. The van der Waals surface area contributed by atoms with E-state index in [4.69, 9.17) is 18.9 Å². The van der Waals surface area contributed by atoms with Gasteiger partial charge in [0.05, 0.1) is 19.8 Å². The minimum atomic E-state index is -1.54. The van der Waals surface area contributed by atoms with Gasteiger partial charge in [-0.1, -0.05) is 221 Å². The summed E-state index contributed by atoms with van der Waals surface area (Å²) in [4.78, 5) is 12.9. The van der Waals surface area contributed by atoms with Gasteiger partial charge in [-0.05, 0) is 89.9 Å². The maximum Gasteiger partial charge on any atom is 0.306 e. The molecule has 0 bridgehead atoms. The van der Waals surface area contributed by atoms with Gasteiger partial charge < -0.3 is 39.4 Å². The Morgan fingerprint density at radius 1 is 0.471 bits per heavy atom. The largest absolute Gasteiger partial charge is 0.457 e. The fraction of sp³-hybridized carbons (Fsp3) is 0.754. The first-order valence-corrected chi connectivity index (χ1v) is 28.7. The Kier molecular flexibility index (Phi) is 47.9. The number of esters is 1. The molecule has 1 fully saturated rings. The standard InChI is InChI=1S/C61H106O9/c1-3-5-7-9-11-13-15-17-19-21-23-25-27-28-29-30-32-34-36-38-40-42-44-46-48-50-57(63)69-55(54-68-61-60(66)59(65)58(64)56(52-62)70-61)53-67-51-49-47-45-43-41-39-37-35-33-31-26-24-22-20-18-16-14-12-10-8-6-4-2/h6,8,12,14-15,17-18,20-21,23-24,26,33,35,55-56,58-62,64-66H,3-5,7,9-11,13,16,19,22,25,27-32,34,36-54H2,1-2H3/b8-6-,14-12-,17-15-,20-18-,23-21-,26-24-,35-33-. The molecule has 6 atom stereocenters. The summed E-state index contributed by atoms with van der Waals surface area (Å²) in [5.74, 6) is -0.321. The van der Waals surface area contributed by atoms with E-state index in [1.54, 1.807) is 0 Å². The molecule has 0 saturated carbocycles. The molecule has 4 N–H and O–H groups in total. The van der Waals surface area contributed by atoms with Gasteiger partial charge in [0.2, 0.25) is 0 Å². The molecule has 0 amide bonds. The lowest BCUT2D eigenvalue weighted by Crippen LogP contribution is -2.59. The van der Waals surface area contributed by atoms with Crippen LogP contribution in [0, 0.1) is 0 Å². The van der Waals surface area contributed by atoms with Crippen molar-refractivity contribution in [2.45, 2.75) is 269 Å². The molecule has 9 nitrogen and oxygen atoms in total. The van der Waals surface area contributed by atoms with E-state index in [0.29, 0.717) is 13.0 Å². The van der Waals surface area contributed by atoms with Gasteiger partial charge in [0.1, 0.15) is 30.5 Å². The zero-order valence-electron chi connectivity index (χ0n) is 44.7. The topological polar surface area (TPSA) is 135 Å². The van der Waals surface area contributed by atoms with Crippen molar-refractivity contribution in [1.82, 2.24) is 0 Å². The van der Waals surface area contributed by atoms with E-state index in [-0.39, 0.29) is 19.2 Å². The van der Waals surface area contributed by atoms with Crippen molar-refractivity contribution in [1.29, 1.82) is 0 Å². The van der Waals surface area contributed by atoms with E-state index < -0.39 is 43.4 Å². The van der Waals surface area contributed by atoms with Gasteiger partial charge in [-0.25, -0.2) is 0 Å². The predicted octanol–water partition coefficient (Wildman–Crippen LogP) is 14.9. The molecule has 1 saturated heterocycles. The van der Waals surface area contributed by atoms with Crippen LogP contribution in [0.3, 0.4) is 0 Å². The third-order valence-corrected chi connectivity index (χ3v) is 12.8.